The Morgan fingerprint density at radius 3 is 2.41 bits per heavy atom. The highest BCUT2D eigenvalue weighted by Gasteiger charge is 2.20. The van der Waals surface area contributed by atoms with Gasteiger partial charge in [-0.05, 0) is 17.7 Å². The highest BCUT2D eigenvalue weighted by atomic mass is 16.4. The highest BCUT2D eigenvalue weighted by molar-refractivity contribution is 5.97. The van der Waals surface area contributed by atoms with Crippen molar-refractivity contribution in [2.75, 3.05) is 11.5 Å². The molecule has 0 aliphatic carbocycles. The van der Waals surface area contributed by atoms with Crippen molar-refractivity contribution in [3.63, 3.8) is 0 Å². The smallest absolute Gasteiger partial charge is 0.357 e. The van der Waals surface area contributed by atoms with E-state index in [2.05, 4.69) is 5.10 Å². The third-order valence-electron chi connectivity index (χ3n) is 2.49. The van der Waals surface area contributed by atoms with Crippen molar-refractivity contribution in [1.82, 2.24) is 9.78 Å². The van der Waals surface area contributed by atoms with E-state index in [1.807, 2.05) is 0 Å². The summed E-state index contributed by atoms with van der Waals surface area (Å²) >= 11 is 0. The first-order valence-corrected chi connectivity index (χ1v) is 4.92. The molecule has 0 atom stereocenters. The maximum absolute atomic E-state index is 11.1. The average Bonchev–Trinajstić information content (AvgIpc) is 2.57. The SMILES string of the molecule is Cn1nc(C(=O)O)c(-c2ccc(N)cc2)c1N. The molecule has 6 nitrogen and oxygen atoms in total. The molecule has 0 radical (unpaired) electrons. The summed E-state index contributed by atoms with van der Waals surface area (Å²) in [5.74, 6) is -0.795. The molecule has 1 heterocycles. The number of aryl methyl sites for hydroxylation is 1. The van der Waals surface area contributed by atoms with Crippen molar-refractivity contribution >= 4 is 17.5 Å². The third kappa shape index (κ3) is 1.80. The lowest BCUT2D eigenvalue weighted by atomic mass is 10.1. The van der Waals surface area contributed by atoms with Gasteiger partial charge >= 0.3 is 5.97 Å². The van der Waals surface area contributed by atoms with Gasteiger partial charge in [-0.2, -0.15) is 5.10 Å². The van der Waals surface area contributed by atoms with E-state index >= 15 is 0 Å². The second-order valence-electron chi connectivity index (χ2n) is 3.66. The number of hydrogen-bond donors (Lipinski definition) is 3. The zero-order valence-electron chi connectivity index (χ0n) is 9.21. The molecular weight excluding hydrogens is 220 g/mol. The van der Waals surface area contributed by atoms with Crippen LogP contribution in [0, 0.1) is 0 Å². The standard InChI is InChI=1S/C11H12N4O2/c1-15-10(13)8(9(14-15)11(16)17)6-2-4-7(12)5-3-6/h2-5H,12-13H2,1H3,(H,16,17). The molecule has 1 aromatic heterocycles. The lowest BCUT2D eigenvalue weighted by molar-refractivity contribution is 0.0690. The Bertz CT molecular complexity index is 572. The van der Waals surface area contributed by atoms with Crippen LogP contribution in [-0.2, 0) is 7.05 Å². The quantitative estimate of drug-likeness (QED) is 0.668. The summed E-state index contributed by atoms with van der Waals surface area (Å²) in [4.78, 5) is 11.1. The molecule has 6 heteroatoms. The van der Waals surface area contributed by atoms with E-state index < -0.39 is 5.97 Å². The van der Waals surface area contributed by atoms with Gasteiger partial charge in [0.2, 0.25) is 0 Å². The Balaban J connectivity index is 2.65. The Kier molecular flexibility index (Phi) is 2.47. The number of carbonyl (C=O) groups is 1. The minimum atomic E-state index is -1.11. The molecule has 2 rings (SSSR count). The zero-order chi connectivity index (χ0) is 12.6. The van der Waals surface area contributed by atoms with Gasteiger partial charge in [0.05, 0.1) is 5.56 Å². The van der Waals surface area contributed by atoms with Crippen LogP contribution < -0.4 is 11.5 Å². The molecule has 0 saturated carbocycles. The van der Waals surface area contributed by atoms with Gasteiger partial charge in [-0.3, -0.25) is 4.68 Å². The maximum atomic E-state index is 11.1. The van der Waals surface area contributed by atoms with Crippen LogP contribution in [0.15, 0.2) is 24.3 Å². The van der Waals surface area contributed by atoms with Crippen molar-refractivity contribution in [1.29, 1.82) is 0 Å². The number of nitrogens with two attached hydrogens (primary N) is 2. The Morgan fingerprint density at radius 1 is 1.29 bits per heavy atom. The molecule has 0 unspecified atom stereocenters. The first kappa shape index (κ1) is 11.0. The topological polar surface area (TPSA) is 107 Å². The lowest BCUT2D eigenvalue weighted by Crippen LogP contribution is -2.00. The molecule has 1 aromatic carbocycles. The van der Waals surface area contributed by atoms with Gasteiger partial charge in [0.1, 0.15) is 5.82 Å². The van der Waals surface area contributed by atoms with Crippen molar-refractivity contribution in [3.05, 3.63) is 30.0 Å². The zero-order valence-corrected chi connectivity index (χ0v) is 9.21. The lowest BCUT2D eigenvalue weighted by Gasteiger charge is -2.02. The van der Waals surface area contributed by atoms with Gasteiger partial charge in [0.25, 0.3) is 0 Å². The fourth-order valence-corrected chi connectivity index (χ4v) is 1.62. The number of carboxylic acids is 1. The number of aromatic nitrogens is 2. The predicted octanol–water partition coefficient (Wildman–Crippen LogP) is 0.950. The van der Waals surface area contributed by atoms with E-state index in [9.17, 15) is 4.79 Å². The van der Waals surface area contributed by atoms with Crippen LogP contribution >= 0.6 is 0 Å². The minimum absolute atomic E-state index is 0.0604. The second-order valence-corrected chi connectivity index (χ2v) is 3.66. The summed E-state index contributed by atoms with van der Waals surface area (Å²) in [6.07, 6.45) is 0. The molecule has 2 aromatic rings. The molecule has 0 spiro atoms. The second kappa shape index (κ2) is 3.82. The van der Waals surface area contributed by atoms with Crippen LogP contribution in [0.5, 0.6) is 0 Å². The van der Waals surface area contributed by atoms with Gasteiger partial charge in [-0.1, -0.05) is 12.1 Å². The van der Waals surface area contributed by atoms with E-state index in [4.69, 9.17) is 16.6 Å². The molecule has 0 aliphatic heterocycles. The van der Waals surface area contributed by atoms with Crippen molar-refractivity contribution in [3.8, 4) is 11.1 Å². The summed E-state index contributed by atoms with van der Waals surface area (Å²) in [7, 11) is 1.60. The molecule has 5 N–H and O–H groups in total. The minimum Gasteiger partial charge on any atom is -0.476 e. The Labute approximate surface area is 97.5 Å². The highest BCUT2D eigenvalue weighted by Crippen LogP contribution is 2.29. The van der Waals surface area contributed by atoms with E-state index in [1.165, 1.54) is 4.68 Å². The summed E-state index contributed by atoms with van der Waals surface area (Å²) in [6.45, 7) is 0. The molecule has 0 bridgehead atoms. The average molecular weight is 232 g/mol. The first-order valence-electron chi connectivity index (χ1n) is 4.92. The number of hydrogen-bond acceptors (Lipinski definition) is 4. The molecule has 17 heavy (non-hydrogen) atoms. The van der Waals surface area contributed by atoms with Crippen molar-refractivity contribution < 1.29 is 9.90 Å². The number of benzene rings is 1. The van der Waals surface area contributed by atoms with Gasteiger partial charge in [-0.25, -0.2) is 4.79 Å². The van der Waals surface area contributed by atoms with Gasteiger partial charge in [-0.15, -0.1) is 0 Å². The number of carboxylic acid groups (broad SMARTS) is 1. The van der Waals surface area contributed by atoms with Gasteiger partial charge < -0.3 is 16.6 Å². The number of anilines is 2. The Morgan fingerprint density at radius 2 is 1.88 bits per heavy atom. The van der Waals surface area contributed by atoms with Gasteiger partial charge in [0.15, 0.2) is 5.69 Å². The largest absolute Gasteiger partial charge is 0.476 e. The number of nitrogen functional groups attached to an aromatic ring is 2. The fraction of sp³-hybridized carbons (Fsp3) is 0.0909. The van der Waals surface area contributed by atoms with E-state index in [0.29, 0.717) is 22.6 Å². The van der Waals surface area contributed by atoms with E-state index in [-0.39, 0.29) is 5.69 Å². The predicted molar refractivity (Wildman–Crippen MR) is 64.4 cm³/mol. The number of aromatic carboxylic acids is 1. The summed E-state index contributed by atoms with van der Waals surface area (Å²) in [6, 6.07) is 6.81. The Hall–Kier alpha value is -2.50. The van der Waals surface area contributed by atoms with Crippen LogP contribution in [-0.4, -0.2) is 20.9 Å². The number of nitrogens with zero attached hydrogens (tertiary/aromatic N) is 2. The van der Waals surface area contributed by atoms with Crippen LogP contribution in [0.1, 0.15) is 10.5 Å². The fourth-order valence-electron chi connectivity index (χ4n) is 1.62. The third-order valence-corrected chi connectivity index (χ3v) is 2.49. The van der Waals surface area contributed by atoms with Crippen LogP contribution in [0.25, 0.3) is 11.1 Å². The number of rotatable bonds is 2. The van der Waals surface area contributed by atoms with E-state index in [0.717, 1.165) is 0 Å². The summed E-state index contributed by atoms with van der Waals surface area (Å²) < 4.78 is 1.34. The molecule has 0 aliphatic rings. The first-order chi connectivity index (χ1) is 8.00. The van der Waals surface area contributed by atoms with Crippen LogP contribution in [0.4, 0.5) is 11.5 Å². The van der Waals surface area contributed by atoms with E-state index in [1.54, 1.807) is 31.3 Å². The normalized spacial score (nSPS) is 10.4. The molecule has 88 valence electrons. The van der Waals surface area contributed by atoms with Gasteiger partial charge in [0, 0.05) is 12.7 Å². The molecular formula is C11H12N4O2. The van der Waals surface area contributed by atoms with Crippen molar-refractivity contribution in [2.24, 2.45) is 7.05 Å². The molecule has 0 fully saturated rings. The van der Waals surface area contributed by atoms with Crippen LogP contribution in [0.3, 0.4) is 0 Å². The van der Waals surface area contributed by atoms with Crippen molar-refractivity contribution in [2.45, 2.75) is 0 Å². The summed E-state index contributed by atoms with van der Waals surface area (Å²) in [5, 5.41) is 12.9. The van der Waals surface area contributed by atoms with Crippen LogP contribution in [0.2, 0.25) is 0 Å². The maximum Gasteiger partial charge on any atom is 0.357 e. The summed E-state index contributed by atoms with van der Waals surface area (Å²) in [5.41, 5.74) is 13.0. The molecule has 0 amide bonds. The molecule has 0 saturated heterocycles. The monoisotopic (exact) mass is 232 g/mol.